The van der Waals surface area contributed by atoms with E-state index in [-0.39, 0.29) is 0 Å². The van der Waals surface area contributed by atoms with E-state index in [1.807, 2.05) is 25.1 Å². The number of ether oxygens (including phenoxy) is 3. The van der Waals surface area contributed by atoms with Crippen LogP contribution in [0.1, 0.15) is 12.7 Å². The van der Waals surface area contributed by atoms with Crippen molar-refractivity contribution < 1.29 is 14.2 Å². The zero-order valence-electron chi connectivity index (χ0n) is 12.2. The topological polar surface area (TPSA) is 53.5 Å². The average molecular weight is 309 g/mol. The third-order valence-electron chi connectivity index (χ3n) is 2.86. The van der Waals surface area contributed by atoms with Gasteiger partial charge in [0.15, 0.2) is 17.3 Å². The SMILES string of the molecule is CCOCc1nc(Cl)cc(-c2cccc(OC)c2OC)n1. The largest absolute Gasteiger partial charge is 0.493 e. The first-order valence-electron chi connectivity index (χ1n) is 6.52. The van der Waals surface area contributed by atoms with Crippen LogP contribution in [0.2, 0.25) is 5.15 Å². The maximum atomic E-state index is 6.07. The van der Waals surface area contributed by atoms with E-state index in [1.165, 1.54) is 0 Å². The van der Waals surface area contributed by atoms with E-state index in [4.69, 9.17) is 25.8 Å². The van der Waals surface area contributed by atoms with Crippen molar-refractivity contribution in [2.24, 2.45) is 0 Å². The lowest BCUT2D eigenvalue weighted by atomic mass is 10.1. The van der Waals surface area contributed by atoms with Gasteiger partial charge in [0.1, 0.15) is 11.8 Å². The van der Waals surface area contributed by atoms with Gasteiger partial charge in [0, 0.05) is 18.2 Å². The van der Waals surface area contributed by atoms with Gasteiger partial charge in [-0.25, -0.2) is 9.97 Å². The molecule has 0 amide bonds. The number of rotatable bonds is 6. The second kappa shape index (κ2) is 7.24. The van der Waals surface area contributed by atoms with Gasteiger partial charge in [-0.05, 0) is 19.1 Å². The standard InChI is InChI=1S/C15H17ClN2O3/c1-4-21-9-14-17-11(8-13(16)18-14)10-6-5-7-12(19-2)15(10)20-3/h5-8H,4,9H2,1-3H3. The molecule has 1 aromatic carbocycles. The predicted molar refractivity (Wildman–Crippen MR) is 80.9 cm³/mol. The van der Waals surface area contributed by atoms with Gasteiger partial charge in [-0.1, -0.05) is 17.7 Å². The first-order valence-corrected chi connectivity index (χ1v) is 6.90. The first-order chi connectivity index (χ1) is 10.2. The normalized spacial score (nSPS) is 10.5. The highest BCUT2D eigenvalue weighted by molar-refractivity contribution is 6.29. The quantitative estimate of drug-likeness (QED) is 0.766. The van der Waals surface area contributed by atoms with Crippen molar-refractivity contribution in [3.63, 3.8) is 0 Å². The van der Waals surface area contributed by atoms with Crippen LogP contribution in [0.25, 0.3) is 11.3 Å². The molecule has 6 heteroatoms. The van der Waals surface area contributed by atoms with Crippen LogP contribution in [-0.2, 0) is 11.3 Å². The van der Waals surface area contributed by atoms with Crippen LogP contribution < -0.4 is 9.47 Å². The number of hydrogen-bond acceptors (Lipinski definition) is 5. The lowest BCUT2D eigenvalue weighted by molar-refractivity contribution is 0.128. The van der Waals surface area contributed by atoms with E-state index < -0.39 is 0 Å². The zero-order valence-corrected chi connectivity index (χ0v) is 13.0. The molecule has 0 saturated carbocycles. The monoisotopic (exact) mass is 308 g/mol. The van der Waals surface area contributed by atoms with Crippen molar-refractivity contribution in [2.45, 2.75) is 13.5 Å². The molecule has 1 aromatic heterocycles. The maximum absolute atomic E-state index is 6.07. The van der Waals surface area contributed by atoms with Gasteiger partial charge in [-0.2, -0.15) is 0 Å². The molecule has 0 bridgehead atoms. The Hall–Kier alpha value is -1.85. The molecule has 1 heterocycles. The molecule has 0 atom stereocenters. The Bertz CT molecular complexity index is 620. The predicted octanol–water partition coefficient (Wildman–Crippen LogP) is 3.35. The highest BCUT2D eigenvalue weighted by Crippen LogP contribution is 2.37. The Morgan fingerprint density at radius 3 is 2.62 bits per heavy atom. The summed E-state index contributed by atoms with van der Waals surface area (Å²) in [6.45, 7) is 2.82. The minimum absolute atomic E-state index is 0.316. The smallest absolute Gasteiger partial charge is 0.170 e. The Balaban J connectivity index is 2.48. The van der Waals surface area contributed by atoms with E-state index in [2.05, 4.69) is 9.97 Å². The summed E-state index contributed by atoms with van der Waals surface area (Å²) in [5.74, 6) is 1.78. The fourth-order valence-electron chi connectivity index (χ4n) is 1.95. The highest BCUT2D eigenvalue weighted by Gasteiger charge is 2.14. The number of halogens is 1. The summed E-state index contributed by atoms with van der Waals surface area (Å²) in [5, 5.41) is 0.361. The van der Waals surface area contributed by atoms with E-state index in [0.29, 0.717) is 41.4 Å². The van der Waals surface area contributed by atoms with Crippen LogP contribution in [0, 0.1) is 0 Å². The fraction of sp³-hybridized carbons (Fsp3) is 0.333. The van der Waals surface area contributed by atoms with Gasteiger partial charge in [-0.3, -0.25) is 0 Å². The molecule has 0 saturated heterocycles. The van der Waals surface area contributed by atoms with Gasteiger partial charge < -0.3 is 14.2 Å². The number of nitrogens with zero attached hydrogens (tertiary/aromatic N) is 2. The third-order valence-corrected chi connectivity index (χ3v) is 3.05. The number of para-hydroxylation sites is 1. The molecule has 21 heavy (non-hydrogen) atoms. The summed E-state index contributed by atoms with van der Waals surface area (Å²) in [6, 6.07) is 7.28. The van der Waals surface area contributed by atoms with Crippen molar-refractivity contribution in [2.75, 3.05) is 20.8 Å². The Morgan fingerprint density at radius 1 is 1.14 bits per heavy atom. The second-order valence-corrected chi connectivity index (χ2v) is 4.56. The molecule has 2 rings (SSSR count). The minimum atomic E-state index is 0.316. The molecular weight excluding hydrogens is 292 g/mol. The van der Waals surface area contributed by atoms with E-state index in [1.54, 1.807) is 20.3 Å². The number of benzene rings is 1. The molecule has 0 spiro atoms. The molecule has 2 aromatic rings. The van der Waals surface area contributed by atoms with Crippen LogP contribution in [0.5, 0.6) is 11.5 Å². The highest BCUT2D eigenvalue weighted by atomic mass is 35.5. The summed E-state index contributed by atoms with van der Waals surface area (Å²) in [5.41, 5.74) is 1.46. The summed E-state index contributed by atoms with van der Waals surface area (Å²) in [4.78, 5) is 8.62. The molecule has 5 nitrogen and oxygen atoms in total. The van der Waals surface area contributed by atoms with Crippen molar-refractivity contribution in [1.82, 2.24) is 9.97 Å². The van der Waals surface area contributed by atoms with E-state index >= 15 is 0 Å². The number of aromatic nitrogens is 2. The van der Waals surface area contributed by atoms with Crippen LogP contribution in [-0.4, -0.2) is 30.8 Å². The van der Waals surface area contributed by atoms with Gasteiger partial charge in [0.2, 0.25) is 0 Å². The second-order valence-electron chi connectivity index (χ2n) is 4.17. The molecule has 112 valence electrons. The maximum Gasteiger partial charge on any atom is 0.170 e. The third kappa shape index (κ3) is 3.62. The molecule has 0 aliphatic rings. The molecule has 0 unspecified atom stereocenters. The van der Waals surface area contributed by atoms with Crippen molar-refractivity contribution in [3.8, 4) is 22.8 Å². The lowest BCUT2D eigenvalue weighted by Gasteiger charge is -2.13. The zero-order chi connectivity index (χ0) is 15.2. The van der Waals surface area contributed by atoms with Gasteiger partial charge >= 0.3 is 0 Å². The molecule has 0 aliphatic heterocycles. The Labute approximate surface area is 128 Å². The summed E-state index contributed by atoms with van der Waals surface area (Å²) in [6.07, 6.45) is 0. The summed E-state index contributed by atoms with van der Waals surface area (Å²) in [7, 11) is 3.18. The van der Waals surface area contributed by atoms with Crippen LogP contribution in [0.15, 0.2) is 24.3 Å². The molecule has 0 N–H and O–H groups in total. The summed E-state index contributed by atoms with van der Waals surface area (Å²) >= 11 is 6.07. The van der Waals surface area contributed by atoms with Gasteiger partial charge in [0.25, 0.3) is 0 Å². The fourth-order valence-corrected chi connectivity index (χ4v) is 2.15. The molecule has 0 aliphatic carbocycles. The Kier molecular flexibility index (Phi) is 5.36. The van der Waals surface area contributed by atoms with E-state index in [9.17, 15) is 0 Å². The number of hydrogen-bond donors (Lipinski definition) is 0. The van der Waals surface area contributed by atoms with Crippen molar-refractivity contribution in [3.05, 3.63) is 35.2 Å². The Morgan fingerprint density at radius 2 is 1.95 bits per heavy atom. The molecular formula is C15H17ClN2O3. The minimum Gasteiger partial charge on any atom is -0.493 e. The first kappa shape index (κ1) is 15.5. The van der Waals surface area contributed by atoms with Crippen molar-refractivity contribution >= 4 is 11.6 Å². The van der Waals surface area contributed by atoms with E-state index in [0.717, 1.165) is 5.56 Å². The summed E-state index contributed by atoms with van der Waals surface area (Å²) < 4.78 is 16.0. The van der Waals surface area contributed by atoms with Crippen LogP contribution in [0.3, 0.4) is 0 Å². The van der Waals surface area contributed by atoms with Gasteiger partial charge in [-0.15, -0.1) is 0 Å². The lowest BCUT2D eigenvalue weighted by Crippen LogP contribution is -2.01. The average Bonchev–Trinajstić information content (AvgIpc) is 2.51. The number of methoxy groups -OCH3 is 2. The molecule has 0 fully saturated rings. The van der Waals surface area contributed by atoms with Gasteiger partial charge in [0.05, 0.1) is 19.9 Å². The molecule has 0 radical (unpaired) electrons. The van der Waals surface area contributed by atoms with Crippen molar-refractivity contribution in [1.29, 1.82) is 0 Å². The van der Waals surface area contributed by atoms with Crippen LogP contribution in [0.4, 0.5) is 0 Å². The van der Waals surface area contributed by atoms with Crippen LogP contribution >= 0.6 is 11.6 Å².